The minimum atomic E-state index is -0.400. The lowest BCUT2D eigenvalue weighted by Gasteiger charge is -2.04. The second kappa shape index (κ2) is 7.49. The molecule has 3 aromatic rings. The molecule has 0 fully saturated rings. The molecule has 0 aliphatic heterocycles. The van der Waals surface area contributed by atoms with Crippen molar-refractivity contribution in [2.45, 2.75) is 6.92 Å². The third-order valence-electron chi connectivity index (χ3n) is 3.51. The van der Waals surface area contributed by atoms with E-state index in [9.17, 15) is 9.59 Å². The third-order valence-corrected chi connectivity index (χ3v) is 3.51. The van der Waals surface area contributed by atoms with Crippen molar-refractivity contribution < 1.29 is 13.9 Å². The molecule has 25 heavy (non-hydrogen) atoms. The molecule has 0 spiro atoms. The van der Waals surface area contributed by atoms with Gasteiger partial charge in [0.25, 0.3) is 0 Å². The molecule has 2 aromatic carbocycles. The Morgan fingerprint density at radius 1 is 1.12 bits per heavy atom. The minimum Gasteiger partial charge on any atom is -0.494 e. The lowest BCUT2D eigenvalue weighted by molar-refractivity contribution is -0.111. The van der Waals surface area contributed by atoms with Crippen LogP contribution in [-0.4, -0.2) is 12.5 Å². The predicted octanol–water partition coefficient (Wildman–Crippen LogP) is 3.84. The highest BCUT2D eigenvalue weighted by Gasteiger charge is 2.02. The van der Waals surface area contributed by atoms with Gasteiger partial charge in [-0.25, -0.2) is 4.79 Å². The summed E-state index contributed by atoms with van der Waals surface area (Å²) < 4.78 is 10.4. The summed E-state index contributed by atoms with van der Waals surface area (Å²) in [6.07, 6.45) is 3.19. The van der Waals surface area contributed by atoms with Gasteiger partial charge in [-0.1, -0.05) is 12.1 Å². The Balaban J connectivity index is 1.67. The number of carbonyl (C=O) groups excluding carboxylic acids is 1. The number of nitrogens with one attached hydrogen (secondary N) is 1. The van der Waals surface area contributed by atoms with E-state index < -0.39 is 5.63 Å². The van der Waals surface area contributed by atoms with Crippen LogP contribution in [0, 0.1) is 0 Å². The fourth-order valence-corrected chi connectivity index (χ4v) is 2.35. The highest BCUT2D eigenvalue weighted by molar-refractivity contribution is 6.02. The zero-order valence-electron chi connectivity index (χ0n) is 13.7. The van der Waals surface area contributed by atoms with Crippen molar-refractivity contribution in [2.75, 3.05) is 11.9 Å². The van der Waals surface area contributed by atoms with Gasteiger partial charge in [-0.15, -0.1) is 0 Å². The van der Waals surface area contributed by atoms with Crippen LogP contribution in [0.25, 0.3) is 17.0 Å². The second-order valence-corrected chi connectivity index (χ2v) is 5.33. The van der Waals surface area contributed by atoms with E-state index in [0.29, 0.717) is 17.9 Å². The largest absolute Gasteiger partial charge is 0.494 e. The Morgan fingerprint density at radius 2 is 1.92 bits per heavy atom. The van der Waals surface area contributed by atoms with E-state index in [1.54, 1.807) is 30.3 Å². The molecular weight excluding hydrogens is 318 g/mol. The molecule has 0 saturated heterocycles. The molecule has 0 unspecified atom stereocenters. The average molecular weight is 335 g/mol. The van der Waals surface area contributed by atoms with E-state index in [4.69, 9.17) is 9.15 Å². The van der Waals surface area contributed by atoms with Crippen molar-refractivity contribution >= 4 is 28.6 Å². The number of benzene rings is 2. The van der Waals surface area contributed by atoms with Gasteiger partial charge < -0.3 is 14.5 Å². The summed E-state index contributed by atoms with van der Waals surface area (Å²) in [6, 6.07) is 15.6. The standard InChI is InChI=1S/C20H17NO4/c1-2-24-17-8-3-14(4-9-17)5-11-19(22)21-16-7-10-18-15(13-16)6-12-20(23)25-18/h3-13H,2H2,1H3,(H,21,22). The first-order valence-corrected chi connectivity index (χ1v) is 7.90. The fraction of sp³-hybridized carbons (Fsp3) is 0.100. The number of hydrogen-bond acceptors (Lipinski definition) is 4. The van der Waals surface area contributed by atoms with Crippen LogP contribution in [0.5, 0.6) is 5.75 Å². The molecule has 5 heteroatoms. The van der Waals surface area contributed by atoms with E-state index in [0.717, 1.165) is 16.7 Å². The maximum absolute atomic E-state index is 12.0. The average Bonchev–Trinajstić information content (AvgIpc) is 2.61. The summed E-state index contributed by atoms with van der Waals surface area (Å²) in [4.78, 5) is 23.2. The highest BCUT2D eigenvalue weighted by atomic mass is 16.5. The first-order chi connectivity index (χ1) is 12.1. The van der Waals surface area contributed by atoms with Crippen LogP contribution in [-0.2, 0) is 4.79 Å². The number of hydrogen-bond donors (Lipinski definition) is 1. The van der Waals surface area contributed by atoms with E-state index in [2.05, 4.69) is 5.32 Å². The predicted molar refractivity (Wildman–Crippen MR) is 97.8 cm³/mol. The second-order valence-electron chi connectivity index (χ2n) is 5.33. The Labute approximate surface area is 144 Å². The van der Waals surface area contributed by atoms with Crippen molar-refractivity contribution in [1.29, 1.82) is 0 Å². The van der Waals surface area contributed by atoms with Gasteiger partial charge >= 0.3 is 5.63 Å². The van der Waals surface area contributed by atoms with E-state index >= 15 is 0 Å². The monoisotopic (exact) mass is 335 g/mol. The van der Waals surface area contributed by atoms with Crippen LogP contribution >= 0.6 is 0 Å². The maximum atomic E-state index is 12.0. The maximum Gasteiger partial charge on any atom is 0.336 e. The molecule has 0 aliphatic carbocycles. The van der Waals surface area contributed by atoms with Crippen LogP contribution < -0.4 is 15.7 Å². The normalized spacial score (nSPS) is 10.9. The number of carbonyl (C=O) groups is 1. The van der Waals surface area contributed by atoms with Crippen LogP contribution in [0.2, 0.25) is 0 Å². The van der Waals surface area contributed by atoms with Crippen LogP contribution in [0.3, 0.4) is 0 Å². The summed E-state index contributed by atoms with van der Waals surface area (Å²) in [5, 5.41) is 3.52. The Kier molecular flexibility index (Phi) is 4.95. The molecule has 1 amide bonds. The van der Waals surface area contributed by atoms with Crippen molar-refractivity contribution in [3.63, 3.8) is 0 Å². The number of ether oxygens (including phenoxy) is 1. The topological polar surface area (TPSA) is 68.5 Å². The van der Waals surface area contributed by atoms with Gasteiger partial charge in [-0.2, -0.15) is 0 Å². The Morgan fingerprint density at radius 3 is 2.68 bits per heavy atom. The fourth-order valence-electron chi connectivity index (χ4n) is 2.35. The van der Waals surface area contributed by atoms with E-state index in [-0.39, 0.29) is 5.91 Å². The van der Waals surface area contributed by atoms with Gasteiger partial charge in [-0.3, -0.25) is 4.79 Å². The molecule has 0 radical (unpaired) electrons. The molecule has 0 atom stereocenters. The number of anilines is 1. The molecular formula is C20H17NO4. The van der Waals surface area contributed by atoms with Gasteiger partial charge in [-0.05, 0) is 55.0 Å². The van der Waals surface area contributed by atoms with Crippen LogP contribution in [0.4, 0.5) is 5.69 Å². The molecule has 0 aliphatic rings. The molecule has 3 rings (SSSR count). The van der Waals surface area contributed by atoms with Crippen LogP contribution in [0.15, 0.2) is 69.9 Å². The van der Waals surface area contributed by atoms with Gasteiger partial charge in [0, 0.05) is 23.2 Å². The minimum absolute atomic E-state index is 0.245. The van der Waals surface area contributed by atoms with Crippen molar-refractivity contribution in [3.8, 4) is 5.75 Å². The van der Waals surface area contributed by atoms with Gasteiger partial charge in [0.15, 0.2) is 0 Å². The third kappa shape index (κ3) is 4.35. The van der Waals surface area contributed by atoms with Crippen LogP contribution in [0.1, 0.15) is 12.5 Å². The lowest BCUT2D eigenvalue weighted by atomic mass is 10.2. The summed E-state index contributed by atoms with van der Waals surface area (Å²) in [7, 11) is 0. The summed E-state index contributed by atoms with van der Waals surface area (Å²) in [5.41, 5.74) is 1.61. The first-order valence-electron chi connectivity index (χ1n) is 7.90. The highest BCUT2D eigenvalue weighted by Crippen LogP contribution is 2.18. The Hall–Kier alpha value is -3.34. The van der Waals surface area contributed by atoms with Crippen molar-refractivity contribution in [3.05, 3.63) is 76.7 Å². The first kappa shape index (κ1) is 16.5. The molecule has 0 bridgehead atoms. The molecule has 126 valence electrons. The van der Waals surface area contributed by atoms with E-state index in [1.165, 1.54) is 12.1 Å². The molecule has 0 saturated carbocycles. The van der Waals surface area contributed by atoms with Crippen molar-refractivity contribution in [1.82, 2.24) is 0 Å². The molecule has 1 heterocycles. The summed E-state index contributed by atoms with van der Waals surface area (Å²) >= 11 is 0. The lowest BCUT2D eigenvalue weighted by Crippen LogP contribution is -2.07. The zero-order valence-corrected chi connectivity index (χ0v) is 13.7. The van der Waals surface area contributed by atoms with Gasteiger partial charge in [0.2, 0.25) is 5.91 Å². The zero-order chi connectivity index (χ0) is 17.6. The number of rotatable bonds is 5. The molecule has 1 aromatic heterocycles. The number of amides is 1. The van der Waals surface area contributed by atoms with Crippen molar-refractivity contribution in [2.24, 2.45) is 0 Å². The quantitative estimate of drug-likeness (QED) is 0.568. The van der Waals surface area contributed by atoms with Gasteiger partial charge in [0.1, 0.15) is 11.3 Å². The Bertz CT molecular complexity index is 971. The smallest absolute Gasteiger partial charge is 0.336 e. The molecule has 1 N–H and O–H groups in total. The number of fused-ring (bicyclic) bond motifs is 1. The van der Waals surface area contributed by atoms with Gasteiger partial charge in [0.05, 0.1) is 6.61 Å². The summed E-state index contributed by atoms with van der Waals surface area (Å²) in [6.45, 7) is 2.55. The van der Waals surface area contributed by atoms with E-state index in [1.807, 2.05) is 31.2 Å². The SMILES string of the molecule is CCOc1ccc(C=CC(=O)Nc2ccc3oc(=O)ccc3c2)cc1. The molecule has 5 nitrogen and oxygen atoms in total. The summed E-state index contributed by atoms with van der Waals surface area (Å²) in [5.74, 6) is 0.553.